The van der Waals surface area contributed by atoms with Gasteiger partial charge in [-0.15, -0.1) is 0 Å². The van der Waals surface area contributed by atoms with Crippen LogP contribution >= 0.6 is 0 Å². The molecule has 0 aliphatic carbocycles. The van der Waals surface area contributed by atoms with Crippen LogP contribution in [0.3, 0.4) is 0 Å². The Hall–Kier alpha value is -3.21. The minimum Gasteiger partial charge on any atom is -0.348 e. The molecule has 1 heterocycles. The number of rotatable bonds is 6. The summed E-state index contributed by atoms with van der Waals surface area (Å²) in [6, 6.07) is 18.0. The lowest BCUT2D eigenvalue weighted by molar-refractivity contribution is 0.0950. The largest absolute Gasteiger partial charge is 0.348 e. The normalized spacial score (nSPS) is 10.4. The third-order valence-electron chi connectivity index (χ3n) is 4.07. The molecule has 0 saturated carbocycles. The van der Waals surface area contributed by atoms with Crippen molar-refractivity contribution in [3.05, 3.63) is 83.7 Å². The molecule has 3 rings (SSSR count). The molecule has 0 saturated heterocycles. The smallest absolute Gasteiger partial charge is 0.254 e. The average Bonchev–Trinajstić information content (AvgIpc) is 2.68. The van der Waals surface area contributed by atoms with E-state index in [1.807, 2.05) is 54.3 Å². The monoisotopic (exact) mass is 346 g/mol. The zero-order valence-electron chi connectivity index (χ0n) is 15.0. The summed E-state index contributed by atoms with van der Waals surface area (Å²) in [4.78, 5) is 23.1. The van der Waals surface area contributed by atoms with Gasteiger partial charge in [0.1, 0.15) is 0 Å². The van der Waals surface area contributed by atoms with E-state index in [0.29, 0.717) is 18.1 Å². The van der Waals surface area contributed by atoms with E-state index in [0.717, 1.165) is 17.8 Å². The number of aryl methyl sites for hydroxylation is 1. The van der Waals surface area contributed by atoms with Crippen molar-refractivity contribution in [3.63, 3.8) is 0 Å². The Balaban J connectivity index is 1.70. The van der Waals surface area contributed by atoms with Gasteiger partial charge < -0.3 is 10.2 Å². The third kappa shape index (κ3) is 4.25. The van der Waals surface area contributed by atoms with Crippen molar-refractivity contribution in [2.45, 2.75) is 20.4 Å². The van der Waals surface area contributed by atoms with Gasteiger partial charge in [0.25, 0.3) is 5.91 Å². The highest BCUT2D eigenvalue weighted by molar-refractivity contribution is 5.93. The molecule has 5 heteroatoms. The second-order valence-corrected chi connectivity index (χ2v) is 6.02. The number of carbonyl (C=O) groups is 1. The zero-order chi connectivity index (χ0) is 18.4. The van der Waals surface area contributed by atoms with Crippen LogP contribution in [0.15, 0.2) is 67.0 Å². The molecule has 0 bridgehead atoms. The first-order valence-corrected chi connectivity index (χ1v) is 8.65. The van der Waals surface area contributed by atoms with Crippen molar-refractivity contribution in [3.8, 4) is 0 Å². The van der Waals surface area contributed by atoms with Crippen molar-refractivity contribution in [2.24, 2.45) is 0 Å². The summed E-state index contributed by atoms with van der Waals surface area (Å²) in [5.74, 6) is 0.400. The number of hydrogen-bond acceptors (Lipinski definition) is 4. The number of hydrogen-bond donors (Lipinski definition) is 1. The van der Waals surface area contributed by atoms with Crippen molar-refractivity contribution < 1.29 is 4.79 Å². The zero-order valence-corrected chi connectivity index (χ0v) is 15.0. The minimum absolute atomic E-state index is 0.181. The minimum atomic E-state index is -0.181. The topological polar surface area (TPSA) is 58.1 Å². The van der Waals surface area contributed by atoms with Crippen LogP contribution in [0.25, 0.3) is 0 Å². The molecule has 0 spiro atoms. The summed E-state index contributed by atoms with van der Waals surface area (Å²) in [6.45, 7) is 5.32. The van der Waals surface area contributed by atoms with Crippen LogP contribution < -0.4 is 10.2 Å². The number of aromatic nitrogens is 2. The summed E-state index contributed by atoms with van der Waals surface area (Å²) < 4.78 is 0. The van der Waals surface area contributed by atoms with Crippen molar-refractivity contribution >= 4 is 17.5 Å². The molecule has 1 aromatic heterocycles. The van der Waals surface area contributed by atoms with Gasteiger partial charge in [0.2, 0.25) is 5.95 Å². The first kappa shape index (κ1) is 17.6. The van der Waals surface area contributed by atoms with Crippen molar-refractivity contribution in [1.82, 2.24) is 15.3 Å². The first-order valence-electron chi connectivity index (χ1n) is 8.65. The van der Waals surface area contributed by atoms with Gasteiger partial charge in [-0.25, -0.2) is 9.97 Å². The molecular weight excluding hydrogens is 324 g/mol. The quantitative estimate of drug-likeness (QED) is 0.736. The van der Waals surface area contributed by atoms with Crippen molar-refractivity contribution in [2.75, 3.05) is 11.4 Å². The molecule has 5 nitrogen and oxygen atoms in total. The first-order chi connectivity index (χ1) is 12.7. The predicted octanol–water partition coefficient (Wildman–Crippen LogP) is 3.87. The molecule has 132 valence electrons. The fraction of sp³-hybridized carbons (Fsp3) is 0.190. The van der Waals surface area contributed by atoms with Gasteiger partial charge in [-0.3, -0.25) is 4.79 Å². The van der Waals surface area contributed by atoms with Crippen LogP contribution in [0.1, 0.15) is 28.4 Å². The number of anilines is 2. The molecule has 0 atom stereocenters. The van der Waals surface area contributed by atoms with Crippen LogP contribution in [0, 0.1) is 6.92 Å². The Bertz CT molecular complexity index is 863. The molecule has 1 N–H and O–H groups in total. The van der Waals surface area contributed by atoms with E-state index < -0.39 is 0 Å². The highest BCUT2D eigenvalue weighted by Crippen LogP contribution is 2.22. The number of benzene rings is 2. The Morgan fingerprint density at radius 3 is 2.42 bits per heavy atom. The van der Waals surface area contributed by atoms with E-state index in [1.54, 1.807) is 12.4 Å². The van der Waals surface area contributed by atoms with Gasteiger partial charge >= 0.3 is 0 Å². The number of nitrogens with one attached hydrogen (secondary N) is 1. The lowest BCUT2D eigenvalue weighted by Gasteiger charge is -2.21. The molecule has 0 unspecified atom stereocenters. The fourth-order valence-electron chi connectivity index (χ4n) is 2.69. The van der Waals surface area contributed by atoms with E-state index >= 15 is 0 Å². The van der Waals surface area contributed by atoms with Gasteiger partial charge in [0, 0.05) is 31.2 Å². The summed E-state index contributed by atoms with van der Waals surface area (Å²) in [5, 5.41) is 2.88. The average molecular weight is 346 g/mol. The lowest BCUT2D eigenvalue weighted by Crippen LogP contribution is -2.24. The highest BCUT2D eigenvalue weighted by atomic mass is 16.1. The van der Waals surface area contributed by atoms with Crippen LogP contribution in [0.4, 0.5) is 11.6 Å². The van der Waals surface area contributed by atoms with E-state index in [1.165, 1.54) is 5.56 Å². The molecule has 0 aliphatic heterocycles. The van der Waals surface area contributed by atoms with Crippen LogP contribution in [0.5, 0.6) is 0 Å². The van der Waals surface area contributed by atoms with Gasteiger partial charge in [0.05, 0.1) is 5.56 Å². The lowest BCUT2D eigenvalue weighted by atomic mass is 10.2. The van der Waals surface area contributed by atoms with E-state index in [2.05, 4.69) is 34.3 Å². The number of amides is 1. The highest BCUT2D eigenvalue weighted by Gasteiger charge is 2.12. The number of carbonyl (C=O) groups excluding carboxylic acids is 1. The van der Waals surface area contributed by atoms with Crippen LogP contribution in [-0.2, 0) is 6.54 Å². The van der Waals surface area contributed by atoms with E-state index in [-0.39, 0.29) is 5.91 Å². The maximum absolute atomic E-state index is 12.3. The van der Waals surface area contributed by atoms with E-state index in [4.69, 9.17) is 0 Å². The van der Waals surface area contributed by atoms with Crippen LogP contribution in [-0.4, -0.2) is 22.4 Å². The Morgan fingerprint density at radius 1 is 1.04 bits per heavy atom. The van der Waals surface area contributed by atoms with Gasteiger partial charge in [-0.1, -0.05) is 42.5 Å². The predicted molar refractivity (Wildman–Crippen MR) is 104 cm³/mol. The second-order valence-electron chi connectivity index (χ2n) is 6.02. The van der Waals surface area contributed by atoms with Crippen LogP contribution in [0.2, 0.25) is 0 Å². The SMILES string of the molecule is CCN(c1cccc(C)c1)c1ncc(C(=O)NCc2ccccc2)cn1. The Kier molecular flexibility index (Phi) is 5.59. The summed E-state index contributed by atoms with van der Waals surface area (Å²) in [6.07, 6.45) is 3.14. The van der Waals surface area contributed by atoms with Crippen molar-refractivity contribution in [1.29, 1.82) is 0 Å². The van der Waals surface area contributed by atoms with E-state index in [9.17, 15) is 4.79 Å². The van der Waals surface area contributed by atoms with Gasteiger partial charge in [0.15, 0.2) is 0 Å². The van der Waals surface area contributed by atoms with Gasteiger partial charge in [-0.2, -0.15) is 0 Å². The molecular formula is C21H22N4O. The molecule has 3 aromatic rings. The molecule has 0 aliphatic rings. The fourth-order valence-corrected chi connectivity index (χ4v) is 2.69. The van der Waals surface area contributed by atoms with Gasteiger partial charge in [-0.05, 0) is 37.1 Å². The Labute approximate surface area is 153 Å². The Morgan fingerprint density at radius 2 is 1.77 bits per heavy atom. The molecule has 2 aromatic carbocycles. The summed E-state index contributed by atoms with van der Waals surface area (Å²) in [7, 11) is 0. The maximum Gasteiger partial charge on any atom is 0.254 e. The molecule has 1 amide bonds. The molecule has 0 radical (unpaired) electrons. The number of nitrogens with zero attached hydrogens (tertiary/aromatic N) is 3. The molecule has 26 heavy (non-hydrogen) atoms. The summed E-state index contributed by atoms with van der Waals surface area (Å²) in [5.41, 5.74) is 3.71. The summed E-state index contributed by atoms with van der Waals surface area (Å²) >= 11 is 0. The molecule has 0 fully saturated rings. The third-order valence-corrected chi connectivity index (χ3v) is 4.07. The maximum atomic E-state index is 12.3. The second kappa shape index (κ2) is 8.25. The standard InChI is InChI=1S/C21H22N4O/c1-3-25(19-11-7-8-16(2)12-19)21-23-14-18(15-24-21)20(26)22-13-17-9-5-4-6-10-17/h4-12,14-15H,3,13H2,1-2H3,(H,22,26).